The number of methoxy groups -OCH3 is 2. The lowest BCUT2D eigenvalue weighted by Crippen LogP contribution is -2.17. The minimum absolute atomic E-state index is 0.0567. The van der Waals surface area contributed by atoms with Gasteiger partial charge in [0.25, 0.3) is 10.0 Å². The summed E-state index contributed by atoms with van der Waals surface area (Å²) in [4.78, 5) is 13.4. The van der Waals surface area contributed by atoms with Crippen LogP contribution in [0.25, 0.3) is 22.0 Å². The lowest BCUT2D eigenvalue weighted by molar-refractivity contribution is 0.0982. The van der Waals surface area contributed by atoms with Crippen LogP contribution < -0.4 is 9.47 Å². The van der Waals surface area contributed by atoms with E-state index < -0.39 is 10.0 Å². The summed E-state index contributed by atoms with van der Waals surface area (Å²) < 4.78 is 41.2. The number of hydrogen-bond acceptors (Lipinski definition) is 5. The summed E-state index contributed by atoms with van der Waals surface area (Å²) in [7, 11) is -0.987. The molecule has 0 spiro atoms. The number of aromatic nitrogens is 1. The van der Waals surface area contributed by atoms with Crippen LogP contribution in [0.5, 0.6) is 11.5 Å². The quantitative estimate of drug-likeness (QED) is 0.184. The molecule has 1 aromatic heterocycles. The predicted molar refractivity (Wildman–Crippen MR) is 158 cm³/mol. The number of ketones is 1. The van der Waals surface area contributed by atoms with Crippen molar-refractivity contribution in [3.05, 3.63) is 113 Å². The molecule has 0 aliphatic rings. The Labute approximate surface area is 234 Å². The molecule has 0 saturated heterocycles. The van der Waals surface area contributed by atoms with E-state index in [1.54, 1.807) is 37.4 Å². The number of nitrogens with zero attached hydrogens (tertiary/aromatic N) is 1. The van der Waals surface area contributed by atoms with Gasteiger partial charge in [-0.2, -0.15) is 0 Å². The van der Waals surface area contributed by atoms with Crippen molar-refractivity contribution < 1.29 is 22.7 Å². The van der Waals surface area contributed by atoms with Gasteiger partial charge in [-0.15, -0.1) is 0 Å². The molecule has 4 aromatic carbocycles. The van der Waals surface area contributed by atoms with E-state index >= 15 is 0 Å². The highest BCUT2D eigenvalue weighted by molar-refractivity contribution is 7.90. The predicted octanol–water partition coefficient (Wildman–Crippen LogP) is 6.99. The molecule has 0 bridgehead atoms. The van der Waals surface area contributed by atoms with Gasteiger partial charge in [0.2, 0.25) is 0 Å². The van der Waals surface area contributed by atoms with Gasteiger partial charge in [-0.3, -0.25) is 4.79 Å². The fraction of sp³-hybridized carbons (Fsp3) is 0.182. The first-order valence-corrected chi connectivity index (χ1v) is 14.5. The van der Waals surface area contributed by atoms with Gasteiger partial charge >= 0.3 is 0 Å². The average Bonchev–Trinajstić information content (AvgIpc) is 3.29. The number of hydrogen-bond donors (Lipinski definition) is 0. The fourth-order valence-electron chi connectivity index (χ4n) is 5.00. The second-order valence-electron chi connectivity index (χ2n) is 9.78. The maximum Gasteiger partial charge on any atom is 0.268 e. The second-order valence-corrected chi connectivity index (χ2v) is 11.6. The number of fused-ring (bicyclic) bond motifs is 1. The zero-order chi connectivity index (χ0) is 28.4. The first kappa shape index (κ1) is 27.2. The van der Waals surface area contributed by atoms with E-state index in [0.29, 0.717) is 33.7 Å². The van der Waals surface area contributed by atoms with E-state index in [-0.39, 0.29) is 23.5 Å². The van der Waals surface area contributed by atoms with Gasteiger partial charge in [0.05, 0.1) is 24.6 Å². The average molecular weight is 554 g/mol. The summed E-state index contributed by atoms with van der Waals surface area (Å²) >= 11 is 0. The number of carbonyl (C=O) groups excluding carboxylic acids is 1. The van der Waals surface area contributed by atoms with Crippen LogP contribution in [0.2, 0.25) is 0 Å². The monoisotopic (exact) mass is 553 g/mol. The first-order valence-electron chi connectivity index (χ1n) is 13.0. The molecule has 0 amide bonds. The highest BCUT2D eigenvalue weighted by atomic mass is 32.2. The van der Waals surface area contributed by atoms with Crippen LogP contribution in [0.1, 0.15) is 33.6 Å². The highest BCUT2D eigenvalue weighted by Crippen LogP contribution is 2.43. The van der Waals surface area contributed by atoms with Crippen molar-refractivity contribution in [3.63, 3.8) is 0 Å². The normalized spacial score (nSPS) is 11.5. The molecule has 6 nitrogen and oxygen atoms in total. The summed E-state index contributed by atoms with van der Waals surface area (Å²) in [5, 5.41) is 0.692. The molecule has 0 aliphatic carbocycles. The molecule has 7 heteroatoms. The lowest BCUT2D eigenvalue weighted by Gasteiger charge is -2.14. The van der Waals surface area contributed by atoms with Gasteiger partial charge in [0.1, 0.15) is 0 Å². The minimum Gasteiger partial charge on any atom is -0.493 e. The van der Waals surface area contributed by atoms with Crippen LogP contribution in [-0.2, 0) is 16.4 Å². The van der Waals surface area contributed by atoms with Crippen LogP contribution in [0.4, 0.5) is 0 Å². The van der Waals surface area contributed by atoms with Gasteiger partial charge in [0, 0.05) is 34.7 Å². The van der Waals surface area contributed by atoms with Gasteiger partial charge in [0.15, 0.2) is 17.3 Å². The zero-order valence-electron chi connectivity index (χ0n) is 23.0. The molecule has 0 unspecified atom stereocenters. The van der Waals surface area contributed by atoms with Gasteiger partial charge in [-0.05, 0) is 44.0 Å². The maximum absolute atomic E-state index is 14.3. The molecular formula is C33H31NO5S. The van der Waals surface area contributed by atoms with Crippen molar-refractivity contribution in [2.75, 3.05) is 14.2 Å². The van der Waals surface area contributed by atoms with Gasteiger partial charge in [-0.25, -0.2) is 12.4 Å². The van der Waals surface area contributed by atoms with Crippen molar-refractivity contribution in [1.82, 2.24) is 3.97 Å². The van der Waals surface area contributed by atoms with Crippen molar-refractivity contribution >= 4 is 26.7 Å². The molecule has 5 rings (SSSR count). The van der Waals surface area contributed by atoms with Crippen LogP contribution in [0.15, 0.2) is 95.9 Å². The Bertz CT molecular complexity index is 1790. The third kappa shape index (κ3) is 5.00. The van der Waals surface area contributed by atoms with E-state index in [9.17, 15) is 13.2 Å². The van der Waals surface area contributed by atoms with Crippen LogP contribution in [-0.4, -0.2) is 32.4 Å². The van der Waals surface area contributed by atoms with E-state index in [1.165, 1.54) is 11.1 Å². The van der Waals surface area contributed by atoms with E-state index in [1.807, 2.05) is 74.5 Å². The van der Waals surface area contributed by atoms with Crippen LogP contribution >= 0.6 is 0 Å². The fourth-order valence-corrected chi connectivity index (χ4v) is 6.57. The Morgan fingerprint density at radius 2 is 1.35 bits per heavy atom. The van der Waals surface area contributed by atoms with Crippen molar-refractivity contribution in [2.45, 2.75) is 31.6 Å². The largest absolute Gasteiger partial charge is 0.493 e. The molecule has 40 heavy (non-hydrogen) atoms. The SMILES string of the molecule is COc1cc2c(-c3ccccc3)c(CCC(=O)c3ccc(C)cc3)n(S(=O)(=O)c3ccc(C)cc3)c2cc1OC. The number of benzene rings is 4. The Morgan fingerprint density at radius 3 is 1.95 bits per heavy atom. The number of carbonyl (C=O) groups is 1. The topological polar surface area (TPSA) is 74.6 Å². The Hall–Kier alpha value is -4.36. The smallest absolute Gasteiger partial charge is 0.268 e. The zero-order valence-corrected chi connectivity index (χ0v) is 23.8. The standard InChI is InChI=1S/C33H31NO5S/c1-22-10-14-24(15-11-22)30(35)19-18-28-33(25-8-6-5-7-9-25)27-20-31(38-3)32(39-4)21-29(27)34(28)40(36,37)26-16-12-23(2)13-17-26/h5-17,20-21H,18-19H2,1-4H3. The van der Waals surface area contributed by atoms with Crippen LogP contribution in [0.3, 0.4) is 0 Å². The first-order chi connectivity index (χ1) is 19.2. The Kier molecular flexibility index (Phi) is 7.50. The van der Waals surface area contributed by atoms with E-state index in [0.717, 1.165) is 22.3 Å². The molecule has 1 heterocycles. The summed E-state index contributed by atoms with van der Waals surface area (Å²) in [6, 6.07) is 27.3. The second kappa shape index (κ2) is 11.0. The molecule has 5 aromatic rings. The Balaban J connectivity index is 1.79. The Morgan fingerprint density at radius 1 is 0.775 bits per heavy atom. The van der Waals surface area contributed by atoms with Crippen molar-refractivity contribution in [3.8, 4) is 22.6 Å². The third-order valence-corrected chi connectivity index (χ3v) is 8.87. The molecule has 0 saturated carbocycles. The highest BCUT2D eigenvalue weighted by Gasteiger charge is 2.29. The van der Waals surface area contributed by atoms with Crippen LogP contribution in [0, 0.1) is 13.8 Å². The molecule has 0 atom stereocenters. The number of Topliss-reactive ketones (excluding diaryl/α,β-unsaturated/α-hetero) is 1. The summed E-state index contributed by atoms with van der Waals surface area (Å²) in [6.45, 7) is 3.88. The van der Waals surface area contributed by atoms with Crippen molar-refractivity contribution in [1.29, 1.82) is 0 Å². The maximum atomic E-state index is 14.3. The third-order valence-electron chi connectivity index (χ3n) is 7.11. The molecule has 204 valence electrons. The lowest BCUT2D eigenvalue weighted by atomic mass is 9.98. The molecule has 0 fully saturated rings. The number of rotatable bonds is 9. The summed E-state index contributed by atoms with van der Waals surface area (Å²) in [5.74, 6) is 0.841. The molecular weight excluding hydrogens is 522 g/mol. The van der Waals surface area contributed by atoms with E-state index in [4.69, 9.17) is 9.47 Å². The van der Waals surface area contributed by atoms with Crippen molar-refractivity contribution in [2.24, 2.45) is 0 Å². The minimum atomic E-state index is -4.05. The number of aryl methyl sites for hydroxylation is 2. The van der Waals surface area contributed by atoms with Gasteiger partial charge in [-0.1, -0.05) is 77.9 Å². The van der Waals surface area contributed by atoms with Gasteiger partial charge < -0.3 is 9.47 Å². The number of ether oxygens (including phenoxy) is 2. The molecule has 0 radical (unpaired) electrons. The summed E-state index contributed by atoms with van der Waals surface area (Å²) in [5.41, 5.74) is 5.18. The van der Waals surface area contributed by atoms with E-state index in [2.05, 4.69) is 0 Å². The molecule has 0 N–H and O–H groups in total. The molecule has 0 aliphatic heterocycles. The summed E-state index contributed by atoms with van der Waals surface area (Å²) in [6.07, 6.45) is 0.345.